The van der Waals surface area contributed by atoms with Gasteiger partial charge in [-0.1, -0.05) is 0 Å². The van der Waals surface area contributed by atoms with Crippen LogP contribution in [0.4, 0.5) is 0 Å². The quantitative estimate of drug-likeness (QED) is 0.0138. The molecule has 2 aliphatic heterocycles. The van der Waals surface area contributed by atoms with Crippen molar-refractivity contribution in [2.75, 3.05) is 71.6 Å². The van der Waals surface area contributed by atoms with Gasteiger partial charge in [0, 0.05) is 32.3 Å². The molecule has 2 rings (SSSR count). The summed E-state index contributed by atoms with van der Waals surface area (Å²) in [4.78, 5) is 139. The molecule has 27 nitrogen and oxygen atoms in total. The van der Waals surface area contributed by atoms with Crippen molar-refractivity contribution in [1.29, 1.82) is 0 Å². The first-order chi connectivity index (χ1) is 32.6. The Morgan fingerprint density at radius 1 is 0.768 bits per heavy atom. The van der Waals surface area contributed by atoms with Gasteiger partial charge in [0.25, 0.3) is 0 Å². The van der Waals surface area contributed by atoms with E-state index in [-0.39, 0.29) is 88.3 Å². The molecule has 9 amide bonds. The zero-order valence-corrected chi connectivity index (χ0v) is 40.5. The van der Waals surface area contributed by atoms with Crippen molar-refractivity contribution in [2.45, 2.75) is 120 Å². The fraction of sp³-hybridized carbons (Fsp3) is 0.732. The second-order valence-electron chi connectivity index (χ2n) is 16.9. The first-order valence-electron chi connectivity index (χ1n) is 22.7. The number of aliphatic imine (C=N–C) groups is 1. The fourth-order valence-corrected chi connectivity index (χ4v) is 8.34. The van der Waals surface area contributed by atoms with Crippen LogP contribution in [0.3, 0.4) is 0 Å². The number of carboxylic acids is 1. The molecular formula is C41H72N14O13S. The molecule has 0 unspecified atom stereocenters. The molecule has 0 aromatic heterocycles. The van der Waals surface area contributed by atoms with Gasteiger partial charge in [0.1, 0.15) is 42.3 Å². The molecule has 0 aromatic rings. The van der Waals surface area contributed by atoms with E-state index in [4.69, 9.17) is 17.2 Å². The minimum Gasteiger partial charge on any atom is -0.480 e. The molecule has 16 N–H and O–H groups in total. The van der Waals surface area contributed by atoms with E-state index < -0.39 is 115 Å². The van der Waals surface area contributed by atoms with E-state index in [9.17, 15) is 63.3 Å². The number of thioether (sulfide) groups is 1. The predicted molar refractivity (Wildman–Crippen MR) is 251 cm³/mol. The Balaban J connectivity index is 2.18. The molecule has 2 heterocycles. The van der Waals surface area contributed by atoms with E-state index in [1.165, 1.54) is 28.5 Å². The molecule has 0 aliphatic carbocycles. The number of rotatable bonds is 30. The Hall–Kier alpha value is -5.84. The van der Waals surface area contributed by atoms with Crippen LogP contribution in [0.1, 0.15) is 71.6 Å². The van der Waals surface area contributed by atoms with Gasteiger partial charge in [0.2, 0.25) is 53.2 Å². The minimum absolute atomic E-state index is 0.0232. The van der Waals surface area contributed by atoms with Gasteiger partial charge in [-0.3, -0.25) is 48.1 Å². The normalized spacial score (nSPS) is 18.1. The third-order valence-corrected chi connectivity index (χ3v) is 11.8. The number of carbonyl (C=O) groups is 10. The van der Waals surface area contributed by atoms with Crippen molar-refractivity contribution >= 4 is 76.9 Å². The van der Waals surface area contributed by atoms with Crippen LogP contribution in [-0.4, -0.2) is 215 Å². The number of nitrogens with zero attached hydrogens (tertiary/aromatic N) is 4. The van der Waals surface area contributed by atoms with Gasteiger partial charge < -0.3 is 84.4 Å². The Kier molecular flexibility index (Phi) is 26.3. The SMILES string of the molecule is CC(=O)NCSC[C@H](NC(=O)[C@H](CO)NC(=O)CN(C)C)C(=O)NCC(=O)N[C@H](C(=O)N[C@@H](CCCCN)C(=O)N1CCC[C@H]1C(=O)N1CCC[C@H]1C(=O)N[C@@H](CCCN=C(N)N)C(=O)O)[C@@H](C)O. The topological polar surface area (TPSA) is 416 Å². The van der Waals surface area contributed by atoms with Crippen molar-refractivity contribution in [2.24, 2.45) is 22.2 Å². The van der Waals surface area contributed by atoms with Crippen molar-refractivity contribution in [3.05, 3.63) is 0 Å². The maximum Gasteiger partial charge on any atom is 0.326 e. The summed E-state index contributed by atoms with van der Waals surface area (Å²) in [5, 5.41) is 47.3. The highest BCUT2D eigenvalue weighted by atomic mass is 32.2. The Bertz CT molecular complexity index is 1820. The molecule has 2 fully saturated rings. The number of aliphatic carboxylic acids is 1. The van der Waals surface area contributed by atoms with E-state index in [0.29, 0.717) is 25.7 Å². The predicted octanol–water partition coefficient (Wildman–Crippen LogP) is -6.46. The van der Waals surface area contributed by atoms with Crippen molar-refractivity contribution in [1.82, 2.24) is 51.9 Å². The van der Waals surface area contributed by atoms with Gasteiger partial charge in [-0.25, -0.2) is 4.79 Å². The number of aliphatic hydroxyl groups is 2. The Labute approximate surface area is 404 Å². The summed E-state index contributed by atoms with van der Waals surface area (Å²) in [5.74, 6) is -7.98. The van der Waals surface area contributed by atoms with Crippen LogP contribution < -0.4 is 54.4 Å². The molecule has 0 spiro atoms. The molecule has 69 heavy (non-hydrogen) atoms. The number of carboxylic acid groups (broad SMARTS) is 1. The van der Waals surface area contributed by atoms with Gasteiger partial charge in [-0.05, 0) is 85.4 Å². The van der Waals surface area contributed by atoms with Crippen LogP contribution in [0.15, 0.2) is 4.99 Å². The number of nitrogens with two attached hydrogens (primary N) is 3. The maximum atomic E-state index is 14.3. The molecule has 2 saturated heterocycles. The molecule has 0 radical (unpaired) electrons. The van der Waals surface area contributed by atoms with Gasteiger partial charge in [0.15, 0.2) is 5.96 Å². The van der Waals surface area contributed by atoms with Crippen molar-refractivity contribution in [3.8, 4) is 0 Å². The summed E-state index contributed by atoms with van der Waals surface area (Å²) < 4.78 is 0. The van der Waals surface area contributed by atoms with Crippen molar-refractivity contribution < 1.29 is 63.3 Å². The number of aliphatic hydroxyl groups excluding tert-OH is 2. The fourth-order valence-electron chi connectivity index (χ4n) is 7.45. The highest BCUT2D eigenvalue weighted by molar-refractivity contribution is 7.99. The average Bonchev–Trinajstić information content (AvgIpc) is 3.98. The van der Waals surface area contributed by atoms with Crippen LogP contribution >= 0.6 is 11.8 Å². The summed E-state index contributed by atoms with van der Waals surface area (Å²) in [5.41, 5.74) is 16.4. The van der Waals surface area contributed by atoms with Crippen molar-refractivity contribution in [3.63, 3.8) is 0 Å². The monoisotopic (exact) mass is 1000 g/mol. The molecule has 28 heteroatoms. The lowest BCUT2D eigenvalue weighted by molar-refractivity contribution is -0.149. The van der Waals surface area contributed by atoms with Crippen LogP contribution in [0.25, 0.3) is 0 Å². The largest absolute Gasteiger partial charge is 0.480 e. The second kappa shape index (κ2) is 30.6. The van der Waals surface area contributed by atoms with E-state index >= 15 is 0 Å². The molecular weight excluding hydrogens is 929 g/mol. The summed E-state index contributed by atoms with van der Waals surface area (Å²) in [6.07, 6.45) is 1.01. The summed E-state index contributed by atoms with van der Waals surface area (Å²) >= 11 is 1.04. The number of amides is 9. The number of carbonyl (C=O) groups excluding carboxylic acids is 9. The second-order valence-corrected chi connectivity index (χ2v) is 18.0. The number of unbranched alkanes of at least 4 members (excludes halogenated alkanes) is 1. The molecule has 390 valence electrons. The standard InChI is InChI=1S/C41H72N14O13S/c1-23(57)33(52-31(59)18-46-34(61)28(21-69-22-47-24(2)58)51-35(62)27(20-56)48-32(60)19-53(3)4)37(64)49-25(10-5-6-14-42)38(65)55-17-9-13-30(55)39(66)54-16-8-12-29(54)36(63)50-26(40(67)68)11-7-15-45-41(43)44/h23,25-30,33,56-57H,5-22,42H2,1-4H3,(H,46,61)(H,47,58)(H,48,60)(H,49,64)(H,50,63)(H,51,62)(H,52,59)(H,67,68)(H4,43,44,45)/t23-,25+,26+,27+,28+,29+,30+,33+/m1/s1. The third kappa shape index (κ3) is 20.7. The number of hydrogen-bond acceptors (Lipinski definition) is 16. The summed E-state index contributed by atoms with van der Waals surface area (Å²) in [7, 11) is 3.24. The molecule has 0 bridgehead atoms. The zero-order chi connectivity index (χ0) is 51.8. The minimum atomic E-state index is -1.65. The molecule has 0 aromatic carbocycles. The van der Waals surface area contributed by atoms with Crippen LogP contribution in [-0.2, 0) is 47.9 Å². The summed E-state index contributed by atoms with van der Waals surface area (Å²) in [6, 6.07) is -8.97. The van der Waals surface area contributed by atoms with Gasteiger partial charge in [-0.15, -0.1) is 11.8 Å². The summed E-state index contributed by atoms with van der Waals surface area (Å²) in [6.45, 7) is 1.56. The Morgan fingerprint density at radius 2 is 1.41 bits per heavy atom. The van der Waals surface area contributed by atoms with E-state index in [1.54, 1.807) is 14.1 Å². The maximum absolute atomic E-state index is 14.3. The zero-order valence-electron chi connectivity index (χ0n) is 39.7. The number of hydrogen-bond donors (Lipinski definition) is 13. The number of likely N-dealkylation sites (tertiary alicyclic amines) is 2. The first kappa shape index (κ1) is 59.3. The van der Waals surface area contributed by atoms with E-state index in [1.807, 2.05) is 0 Å². The van der Waals surface area contributed by atoms with Gasteiger partial charge >= 0.3 is 5.97 Å². The number of nitrogens with one attached hydrogen (secondary N) is 7. The van der Waals surface area contributed by atoms with E-state index in [0.717, 1.165) is 11.8 Å². The van der Waals surface area contributed by atoms with Crippen LogP contribution in [0.5, 0.6) is 0 Å². The molecule has 8 atom stereocenters. The highest BCUT2D eigenvalue weighted by Gasteiger charge is 2.44. The first-order valence-corrected chi connectivity index (χ1v) is 23.9. The third-order valence-electron chi connectivity index (χ3n) is 10.9. The van der Waals surface area contributed by atoms with E-state index in [2.05, 4.69) is 42.2 Å². The van der Waals surface area contributed by atoms with Gasteiger partial charge in [0.05, 0.1) is 31.7 Å². The number of likely N-dealkylation sites (N-methyl/N-ethyl adjacent to an activating group) is 1. The lowest BCUT2D eigenvalue weighted by Gasteiger charge is -2.33. The molecule has 0 saturated carbocycles. The van der Waals surface area contributed by atoms with Gasteiger partial charge in [-0.2, -0.15) is 0 Å². The smallest absolute Gasteiger partial charge is 0.326 e. The number of guanidine groups is 1. The lowest BCUT2D eigenvalue weighted by atomic mass is 10.0. The molecule has 2 aliphatic rings. The van der Waals surface area contributed by atoms with Crippen LogP contribution in [0.2, 0.25) is 0 Å². The lowest BCUT2D eigenvalue weighted by Crippen LogP contribution is -2.60. The average molecular weight is 1000 g/mol. The Morgan fingerprint density at radius 3 is 2.00 bits per heavy atom. The highest BCUT2D eigenvalue weighted by Crippen LogP contribution is 2.26. The van der Waals surface area contributed by atoms with Crippen LogP contribution in [0, 0.1) is 0 Å².